The summed E-state index contributed by atoms with van der Waals surface area (Å²) in [7, 11) is 0. The number of likely N-dealkylation sites (tertiary alicyclic amines) is 1. The molecule has 0 atom stereocenters. The highest BCUT2D eigenvalue weighted by Crippen LogP contribution is 2.29. The number of pyridine rings is 1. The molecule has 1 fully saturated rings. The molecule has 0 unspecified atom stereocenters. The molecule has 3 aromatic heterocycles. The summed E-state index contributed by atoms with van der Waals surface area (Å²) in [5.74, 6) is -2.44. The first-order chi connectivity index (χ1) is 14.5. The van der Waals surface area contributed by atoms with E-state index in [4.69, 9.17) is 0 Å². The Bertz CT molecular complexity index is 1190. The Labute approximate surface area is 169 Å². The molecule has 0 bridgehead atoms. The molecule has 1 aliphatic rings. The molecule has 5 rings (SSSR count). The van der Waals surface area contributed by atoms with Gasteiger partial charge in [-0.05, 0) is 41.6 Å². The fourth-order valence-electron chi connectivity index (χ4n) is 3.62. The summed E-state index contributed by atoms with van der Waals surface area (Å²) in [6, 6.07) is 11.2. The van der Waals surface area contributed by atoms with E-state index in [9.17, 15) is 13.6 Å². The van der Waals surface area contributed by atoms with Crippen molar-refractivity contribution in [1.82, 2.24) is 35.1 Å². The van der Waals surface area contributed by atoms with Crippen LogP contribution in [-0.2, 0) is 0 Å². The number of tetrazole rings is 1. The lowest BCUT2D eigenvalue weighted by molar-refractivity contribution is -0.0494. The Morgan fingerprint density at radius 2 is 1.87 bits per heavy atom. The zero-order chi connectivity index (χ0) is 20.7. The first-order valence-corrected chi connectivity index (χ1v) is 9.49. The number of hydrogen-bond acceptors (Lipinski definition) is 5. The van der Waals surface area contributed by atoms with Gasteiger partial charge < -0.3 is 9.47 Å². The summed E-state index contributed by atoms with van der Waals surface area (Å²) in [5, 5.41) is 14.7. The van der Waals surface area contributed by atoms with Crippen LogP contribution in [0.3, 0.4) is 0 Å². The zero-order valence-electron chi connectivity index (χ0n) is 15.8. The molecule has 1 aliphatic heterocycles. The highest BCUT2D eigenvalue weighted by Gasteiger charge is 2.35. The maximum absolute atomic E-state index is 13.4. The standard InChI is InChI=1S/C20H17F2N7O/c21-20(22)6-9-28(10-7-20)19(30)15-11-14-5-8-29(18(14)23-12-15)16-3-1-13(2-4-16)17-24-26-27-25-17/h1-5,8,11-12H,6-7,9-10H2,(H,24,25,26,27). The van der Waals surface area contributed by atoms with Crippen molar-refractivity contribution in [3.63, 3.8) is 0 Å². The van der Waals surface area contributed by atoms with Crippen molar-refractivity contribution in [2.24, 2.45) is 0 Å². The summed E-state index contributed by atoms with van der Waals surface area (Å²) in [4.78, 5) is 18.6. The molecular weight excluding hydrogens is 392 g/mol. The minimum Gasteiger partial charge on any atom is -0.338 e. The van der Waals surface area contributed by atoms with E-state index in [1.165, 1.54) is 11.1 Å². The van der Waals surface area contributed by atoms with Gasteiger partial charge in [-0.2, -0.15) is 5.21 Å². The van der Waals surface area contributed by atoms with Gasteiger partial charge in [0.15, 0.2) is 0 Å². The number of carbonyl (C=O) groups is 1. The van der Waals surface area contributed by atoms with Crippen molar-refractivity contribution in [2.45, 2.75) is 18.8 Å². The highest BCUT2D eigenvalue weighted by molar-refractivity contribution is 5.97. The summed E-state index contributed by atoms with van der Waals surface area (Å²) in [6.45, 7) is 0.106. The van der Waals surface area contributed by atoms with Crippen LogP contribution in [0.5, 0.6) is 0 Å². The quantitative estimate of drug-likeness (QED) is 0.561. The topological polar surface area (TPSA) is 92.6 Å². The fraction of sp³-hybridized carbons (Fsp3) is 0.250. The van der Waals surface area contributed by atoms with Gasteiger partial charge in [0.05, 0.1) is 5.56 Å². The third kappa shape index (κ3) is 3.30. The van der Waals surface area contributed by atoms with E-state index in [-0.39, 0.29) is 31.8 Å². The number of amides is 1. The molecule has 0 saturated carbocycles. The van der Waals surface area contributed by atoms with Crippen molar-refractivity contribution in [3.8, 4) is 17.1 Å². The van der Waals surface area contributed by atoms with Crippen molar-refractivity contribution in [3.05, 3.63) is 54.4 Å². The van der Waals surface area contributed by atoms with Crippen LogP contribution in [0.2, 0.25) is 0 Å². The van der Waals surface area contributed by atoms with Crippen molar-refractivity contribution >= 4 is 16.9 Å². The average Bonchev–Trinajstić information content (AvgIpc) is 3.43. The number of nitrogens with zero attached hydrogens (tertiary/aromatic N) is 6. The van der Waals surface area contributed by atoms with E-state index in [2.05, 4.69) is 25.6 Å². The van der Waals surface area contributed by atoms with Crippen LogP contribution in [-0.4, -0.2) is 60.0 Å². The maximum atomic E-state index is 13.4. The molecule has 0 spiro atoms. The largest absolute Gasteiger partial charge is 0.338 e. The van der Waals surface area contributed by atoms with Crippen molar-refractivity contribution < 1.29 is 13.6 Å². The number of H-pyrrole nitrogens is 1. The predicted molar refractivity (Wildman–Crippen MR) is 104 cm³/mol. The number of rotatable bonds is 3. The minimum absolute atomic E-state index is 0.0532. The summed E-state index contributed by atoms with van der Waals surface area (Å²) < 4.78 is 28.6. The number of fused-ring (bicyclic) bond motifs is 1. The second-order valence-corrected chi connectivity index (χ2v) is 7.25. The number of benzene rings is 1. The Balaban J connectivity index is 1.39. The third-order valence-corrected chi connectivity index (χ3v) is 5.30. The van der Waals surface area contributed by atoms with Crippen LogP contribution >= 0.6 is 0 Å². The molecule has 4 aromatic rings. The van der Waals surface area contributed by atoms with E-state index in [0.717, 1.165) is 16.6 Å². The van der Waals surface area contributed by atoms with Gasteiger partial charge in [0.25, 0.3) is 11.8 Å². The molecular formula is C20H17F2N7O. The molecule has 4 heterocycles. The van der Waals surface area contributed by atoms with Gasteiger partial charge in [0, 0.05) is 55.0 Å². The number of hydrogen-bond donors (Lipinski definition) is 1. The average molecular weight is 409 g/mol. The molecule has 1 N–H and O–H groups in total. The van der Waals surface area contributed by atoms with Crippen LogP contribution in [0, 0.1) is 0 Å². The lowest BCUT2D eigenvalue weighted by Gasteiger charge is -2.31. The normalized spacial score (nSPS) is 16.1. The van der Waals surface area contributed by atoms with Crippen LogP contribution in [0.15, 0.2) is 48.8 Å². The second-order valence-electron chi connectivity index (χ2n) is 7.25. The van der Waals surface area contributed by atoms with E-state index in [1.54, 1.807) is 6.07 Å². The number of halogens is 2. The molecule has 8 nitrogen and oxygen atoms in total. The van der Waals surface area contributed by atoms with Gasteiger partial charge in [0.1, 0.15) is 5.65 Å². The van der Waals surface area contributed by atoms with Gasteiger partial charge in [-0.25, -0.2) is 13.8 Å². The Morgan fingerprint density at radius 3 is 2.57 bits per heavy atom. The lowest BCUT2D eigenvalue weighted by Crippen LogP contribution is -2.42. The van der Waals surface area contributed by atoms with Gasteiger partial charge in [-0.1, -0.05) is 0 Å². The fourth-order valence-corrected chi connectivity index (χ4v) is 3.62. The number of aromatic amines is 1. The summed E-state index contributed by atoms with van der Waals surface area (Å²) in [5.41, 5.74) is 2.82. The zero-order valence-corrected chi connectivity index (χ0v) is 15.8. The van der Waals surface area contributed by atoms with Gasteiger partial charge >= 0.3 is 0 Å². The first kappa shape index (κ1) is 18.3. The molecule has 10 heteroatoms. The molecule has 1 amide bonds. The monoisotopic (exact) mass is 409 g/mol. The van der Waals surface area contributed by atoms with Gasteiger partial charge in [-0.3, -0.25) is 4.79 Å². The first-order valence-electron chi connectivity index (χ1n) is 9.49. The lowest BCUT2D eigenvalue weighted by atomic mass is 10.1. The predicted octanol–water partition coefficient (Wildman–Crippen LogP) is 3.08. The summed E-state index contributed by atoms with van der Waals surface area (Å²) >= 11 is 0. The third-order valence-electron chi connectivity index (χ3n) is 5.30. The molecule has 0 aliphatic carbocycles. The number of piperidine rings is 1. The molecule has 1 aromatic carbocycles. The highest BCUT2D eigenvalue weighted by atomic mass is 19.3. The van der Waals surface area contributed by atoms with E-state index in [1.807, 2.05) is 41.1 Å². The van der Waals surface area contributed by atoms with Crippen LogP contribution in [0.1, 0.15) is 23.2 Å². The van der Waals surface area contributed by atoms with Crippen molar-refractivity contribution in [1.29, 1.82) is 0 Å². The summed E-state index contributed by atoms with van der Waals surface area (Å²) in [6.07, 6.45) is 2.77. The van der Waals surface area contributed by atoms with E-state index < -0.39 is 5.92 Å². The Morgan fingerprint density at radius 1 is 1.10 bits per heavy atom. The molecule has 30 heavy (non-hydrogen) atoms. The van der Waals surface area contributed by atoms with Crippen LogP contribution in [0.4, 0.5) is 8.78 Å². The van der Waals surface area contributed by atoms with Crippen LogP contribution < -0.4 is 0 Å². The van der Waals surface area contributed by atoms with Gasteiger partial charge in [0.2, 0.25) is 5.82 Å². The van der Waals surface area contributed by atoms with E-state index in [0.29, 0.717) is 17.0 Å². The second kappa shape index (κ2) is 6.97. The number of carbonyl (C=O) groups excluding carboxylic acids is 1. The van der Waals surface area contributed by atoms with Crippen LogP contribution in [0.25, 0.3) is 28.1 Å². The minimum atomic E-state index is -2.69. The maximum Gasteiger partial charge on any atom is 0.255 e. The molecule has 152 valence electrons. The SMILES string of the molecule is O=C(c1cnc2c(ccn2-c2ccc(-c3nn[nH]n3)cc2)c1)N1CCC(F)(F)CC1. The number of aromatic nitrogens is 6. The number of alkyl halides is 2. The smallest absolute Gasteiger partial charge is 0.255 e. The van der Waals surface area contributed by atoms with Gasteiger partial charge in [-0.15, -0.1) is 10.2 Å². The number of nitrogens with one attached hydrogen (secondary N) is 1. The Hall–Kier alpha value is -3.69. The van der Waals surface area contributed by atoms with E-state index >= 15 is 0 Å². The Kier molecular flexibility index (Phi) is 4.27. The molecule has 0 radical (unpaired) electrons. The molecule has 1 saturated heterocycles. The van der Waals surface area contributed by atoms with Crippen molar-refractivity contribution in [2.75, 3.05) is 13.1 Å².